The molecule has 5 heteroatoms. The minimum Gasteiger partial charge on any atom is -0.494 e. The summed E-state index contributed by atoms with van der Waals surface area (Å²) in [6.45, 7) is 6.75. The summed E-state index contributed by atoms with van der Waals surface area (Å²) < 4.78 is 11.1. The first kappa shape index (κ1) is 21.4. The van der Waals surface area contributed by atoms with Crippen LogP contribution in [0, 0.1) is 0 Å². The van der Waals surface area contributed by atoms with Crippen molar-refractivity contribution in [2.24, 2.45) is 10.2 Å². The van der Waals surface area contributed by atoms with Gasteiger partial charge in [-0.1, -0.05) is 19.4 Å². The Morgan fingerprint density at radius 2 is 1.39 bits per heavy atom. The Hall–Kier alpha value is -2.95. The predicted molar refractivity (Wildman–Crippen MR) is 112 cm³/mol. The van der Waals surface area contributed by atoms with Gasteiger partial charge in [0.05, 0.1) is 24.6 Å². The number of ether oxygens (including phenoxy) is 2. The first-order valence-electron chi connectivity index (χ1n) is 9.74. The lowest BCUT2D eigenvalue weighted by atomic mass is 10.1. The number of nitrogens with zero attached hydrogens (tertiary/aromatic N) is 2. The fraction of sp³-hybridized carbons (Fsp3) is 0.348. The first-order valence-corrected chi connectivity index (χ1v) is 9.74. The standard InChI is InChI=1S/C23H28N2O3/c1-3-21(26)9-7-5-6-8-18-28-23-16-12-20(13-17-23)25-24-19-10-14-22(15-11-19)27-4-2/h3,10-17H,1,4-9,18H2,2H3. The van der Waals surface area contributed by atoms with Crippen molar-refractivity contribution in [2.45, 2.75) is 39.0 Å². The fourth-order valence-corrected chi connectivity index (χ4v) is 2.55. The van der Waals surface area contributed by atoms with E-state index in [2.05, 4.69) is 16.8 Å². The molecule has 0 saturated heterocycles. The summed E-state index contributed by atoms with van der Waals surface area (Å²) in [5.41, 5.74) is 1.55. The van der Waals surface area contributed by atoms with Crippen molar-refractivity contribution in [3.05, 3.63) is 61.2 Å². The molecular weight excluding hydrogens is 352 g/mol. The van der Waals surface area contributed by atoms with E-state index in [9.17, 15) is 4.79 Å². The maximum absolute atomic E-state index is 11.1. The number of benzene rings is 2. The number of azo groups is 1. The van der Waals surface area contributed by atoms with E-state index in [-0.39, 0.29) is 5.78 Å². The average Bonchev–Trinajstić information content (AvgIpc) is 2.73. The number of allylic oxidation sites excluding steroid dienone is 1. The molecule has 5 nitrogen and oxygen atoms in total. The van der Waals surface area contributed by atoms with Crippen molar-refractivity contribution >= 4 is 17.2 Å². The highest BCUT2D eigenvalue weighted by molar-refractivity contribution is 5.88. The van der Waals surface area contributed by atoms with Crippen molar-refractivity contribution in [1.29, 1.82) is 0 Å². The summed E-state index contributed by atoms with van der Waals surface area (Å²) in [6, 6.07) is 15.1. The second-order valence-corrected chi connectivity index (χ2v) is 6.30. The van der Waals surface area contributed by atoms with E-state index < -0.39 is 0 Å². The Bertz CT molecular complexity index is 752. The highest BCUT2D eigenvalue weighted by atomic mass is 16.5. The lowest BCUT2D eigenvalue weighted by Crippen LogP contribution is -1.97. The molecule has 0 bridgehead atoms. The van der Waals surface area contributed by atoms with Gasteiger partial charge in [-0.15, -0.1) is 0 Å². The molecule has 0 atom stereocenters. The number of ketones is 1. The number of carbonyl (C=O) groups is 1. The van der Waals surface area contributed by atoms with Crippen molar-refractivity contribution in [3.8, 4) is 11.5 Å². The summed E-state index contributed by atoms with van der Waals surface area (Å²) >= 11 is 0. The van der Waals surface area contributed by atoms with Crippen LogP contribution in [0.15, 0.2) is 71.4 Å². The second kappa shape index (κ2) is 12.4. The van der Waals surface area contributed by atoms with Crippen LogP contribution in [0.4, 0.5) is 11.4 Å². The molecule has 0 radical (unpaired) electrons. The van der Waals surface area contributed by atoms with Crippen molar-refractivity contribution < 1.29 is 14.3 Å². The molecule has 0 aromatic heterocycles. The first-order chi connectivity index (χ1) is 13.7. The molecule has 0 N–H and O–H groups in total. The highest BCUT2D eigenvalue weighted by Crippen LogP contribution is 2.23. The Labute approximate surface area is 167 Å². The number of unbranched alkanes of at least 4 members (excludes halogenated alkanes) is 3. The molecule has 2 rings (SSSR count). The van der Waals surface area contributed by atoms with E-state index in [1.54, 1.807) is 0 Å². The van der Waals surface area contributed by atoms with Crippen LogP contribution in [0.2, 0.25) is 0 Å². The van der Waals surface area contributed by atoms with Crippen molar-refractivity contribution in [2.75, 3.05) is 13.2 Å². The van der Waals surface area contributed by atoms with Crippen LogP contribution in [0.1, 0.15) is 39.0 Å². The van der Waals surface area contributed by atoms with Gasteiger partial charge >= 0.3 is 0 Å². The van der Waals surface area contributed by atoms with E-state index >= 15 is 0 Å². The van der Waals surface area contributed by atoms with Crippen LogP contribution < -0.4 is 9.47 Å². The third-order valence-corrected chi connectivity index (χ3v) is 4.08. The molecule has 28 heavy (non-hydrogen) atoms. The van der Waals surface area contributed by atoms with Gasteiger partial charge in [-0.2, -0.15) is 10.2 Å². The van der Waals surface area contributed by atoms with E-state index in [0.717, 1.165) is 48.6 Å². The average molecular weight is 380 g/mol. The summed E-state index contributed by atoms with van der Waals surface area (Å²) in [4.78, 5) is 11.1. The number of carbonyl (C=O) groups excluding carboxylic acids is 1. The zero-order valence-corrected chi connectivity index (χ0v) is 16.5. The van der Waals surface area contributed by atoms with Gasteiger partial charge in [-0.25, -0.2) is 0 Å². The third-order valence-electron chi connectivity index (χ3n) is 4.08. The summed E-state index contributed by atoms with van der Waals surface area (Å²) in [7, 11) is 0. The minimum absolute atomic E-state index is 0.121. The van der Waals surface area contributed by atoms with Crippen LogP contribution in [0.5, 0.6) is 11.5 Å². The fourth-order valence-electron chi connectivity index (χ4n) is 2.55. The van der Waals surface area contributed by atoms with Crippen molar-refractivity contribution in [1.82, 2.24) is 0 Å². The lowest BCUT2D eigenvalue weighted by molar-refractivity contribution is -0.114. The number of hydrogen-bond donors (Lipinski definition) is 0. The van der Waals surface area contributed by atoms with E-state index in [1.807, 2.05) is 55.5 Å². The summed E-state index contributed by atoms with van der Waals surface area (Å²) in [6.07, 6.45) is 5.97. The topological polar surface area (TPSA) is 60.2 Å². The van der Waals surface area contributed by atoms with Crippen LogP contribution >= 0.6 is 0 Å². The van der Waals surface area contributed by atoms with Gasteiger partial charge in [0.2, 0.25) is 0 Å². The van der Waals surface area contributed by atoms with Crippen LogP contribution in [0.3, 0.4) is 0 Å². The third kappa shape index (κ3) is 8.16. The van der Waals surface area contributed by atoms with Gasteiger partial charge in [-0.05, 0) is 74.4 Å². The highest BCUT2D eigenvalue weighted by Gasteiger charge is 1.98. The molecule has 0 aliphatic heterocycles. The summed E-state index contributed by atoms with van der Waals surface area (Å²) in [5, 5.41) is 8.47. The van der Waals surface area contributed by atoms with E-state index in [1.165, 1.54) is 6.08 Å². The Morgan fingerprint density at radius 3 is 1.93 bits per heavy atom. The smallest absolute Gasteiger partial charge is 0.155 e. The Balaban J connectivity index is 1.68. The maximum Gasteiger partial charge on any atom is 0.155 e. The second-order valence-electron chi connectivity index (χ2n) is 6.30. The number of hydrogen-bond acceptors (Lipinski definition) is 5. The quantitative estimate of drug-likeness (QED) is 0.224. The molecule has 2 aromatic carbocycles. The number of rotatable bonds is 13. The zero-order chi connectivity index (χ0) is 20.0. The zero-order valence-electron chi connectivity index (χ0n) is 16.5. The monoisotopic (exact) mass is 380 g/mol. The van der Waals surface area contributed by atoms with Crippen LogP contribution in [-0.2, 0) is 4.79 Å². The minimum atomic E-state index is 0.121. The Kier molecular flexibility index (Phi) is 9.49. The van der Waals surface area contributed by atoms with Gasteiger partial charge in [0.25, 0.3) is 0 Å². The normalized spacial score (nSPS) is 10.8. The maximum atomic E-state index is 11.1. The van der Waals surface area contributed by atoms with Gasteiger partial charge in [0, 0.05) is 6.42 Å². The van der Waals surface area contributed by atoms with Gasteiger partial charge in [0.15, 0.2) is 5.78 Å². The van der Waals surface area contributed by atoms with Crippen LogP contribution in [-0.4, -0.2) is 19.0 Å². The van der Waals surface area contributed by atoms with E-state index in [0.29, 0.717) is 19.6 Å². The Morgan fingerprint density at radius 1 is 0.857 bits per heavy atom. The SMILES string of the molecule is C=CC(=O)CCCCCCOc1ccc(N=Nc2ccc(OCC)cc2)cc1. The molecule has 0 spiro atoms. The van der Waals surface area contributed by atoms with E-state index in [4.69, 9.17) is 9.47 Å². The summed E-state index contributed by atoms with van der Waals surface area (Å²) in [5.74, 6) is 1.77. The molecule has 0 aliphatic rings. The van der Waals surface area contributed by atoms with Gasteiger partial charge < -0.3 is 9.47 Å². The molecule has 2 aromatic rings. The van der Waals surface area contributed by atoms with Crippen molar-refractivity contribution in [3.63, 3.8) is 0 Å². The molecule has 0 saturated carbocycles. The molecule has 0 aliphatic carbocycles. The lowest BCUT2D eigenvalue weighted by Gasteiger charge is -2.06. The predicted octanol–water partition coefficient (Wildman–Crippen LogP) is 6.59. The van der Waals surface area contributed by atoms with Gasteiger partial charge in [0.1, 0.15) is 11.5 Å². The van der Waals surface area contributed by atoms with Gasteiger partial charge in [-0.3, -0.25) is 4.79 Å². The van der Waals surface area contributed by atoms with Crippen LogP contribution in [0.25, 0.3) is 0 Å². The molecule has 148 valence electrons. The molecular formula is C23H28N2O3. The largest absolute Gasteiger partial charge is 0.494 e. The molecule has 0 fully saturated rings. The molecule has 0 unspecified atom stereocenters. The molecule has 0 heterocycles. The molecule has 0 amide bonds.